The van der Waals surface area contributed by atoms with Gasteiger partial charge in [0.1, 0.15) is 4.70 Å². The number of aromatic nitrogens is 2. The van der Waals surface area contributed by atoms with Crippen LogP contribution in [0.4, 0.5) is 0 Å². The van der Waals surface area contributed by atoms with Crippen molar-refractivity contribution in [3.05, 3.63) is 34.6 Å². The second-order valence-electron chi connectivity index (χ2n) is 3.78. The minimum absolute atomic E-state index is 0.0688. The van der Waals surface area contributed by atoms with Crippen molar-refractivity contribution in [1.82, 2.24) is 9.97 Å². The predicted molar refractivity (Wildman–Crippen MR) is 77.5 cm³/mol. The van der Waals surface area contributed by atoms with Crippen molar-refractivity contribution < 1.29 is 0 Å². The molecule has 0 saturated carbocycles. The Bertz CT molecular complexity index is 763. The fraction of sp³-hybridized carbons (Fsp3) is 0.167. The standard InChI is InChI=1S/C12H11N3OS2/c13-5-6-17-12-14-9-7-3-1-2-4-8(7)18-10(9)11(16)15-12/h1-4H,5-6,13H2,(H,14,15,16). The first kappa shape index (κ1) is 11.7. The summed E-state index contributed by atoms with van der Waals surface area (Å²) in [6, 6.07) is 7.94. The van der Waals surface area contributed by atoms with E-state index in [1.807, 2.05) is 24.3 Å². The number of thiophene rings is 1. The number of hydrogen-bond acceptors (Lipinski definition) is 5. The van der Waals surface area contributed by atoms with Gasteiger partial charge in [-0.1, -0.05) is 30.0 Å². The maximum absolute atomic E-state index is 12.0. The van der Waals surface area contributed by atoms with E-state index in [1.54, 1.807) is 0 Å². The van der Waals surface area contributed by atoms with Crippen molar-refractivity contribution in [3.8, 4) is 0 Å². The van der Waals surface area contributed by atoms with E-state index >= 15 is 0 Å². The maximum atomic E-state index is 12.0. The van der Waals surface area contributed by atoms with E-state index < -0.39 is 0 Å². The zero-order chi connectivity index (χ0) is 12.5. The highest BCUT2D eigenvalue weighted by Gasteiger charge is 2.10. The van der Waals surface area contributed by atoms with E-state index in [9.17, 15) is 4.79 Å². The number of benzene rings is 1. The summed E-state index contributed by atoms with van der Waals surface area (Å²) in [4.78, 5) is 19.3. The number of fused-ring (bicyclic) bond motifs is 3. The topological polar surface area (TPSA) is 71.8 Å². The van der Waals surface area contributed by atoms with Crippen LogP contribution in [0.15, 0.2) is 34.2 Å². The third kappa shape index (κ3) is 1.92. The molecule has 0 aliphatic carbocycles. The summed E-state index contributed by atoms with van der Waals surface area (Å²) >= 11 is 2.95. The molecule has 1 aromatic carbocycles. The van der Waals surface area contributed by atoms with E-state index in [4.69, 9.17) is 5.73 Å². The SMILES string of the molecule is NCCSc1nc2c(sc3ccccc32)c(=O)[nH]1. The van der Waals surface area contributed by atoms with E-state index in [1.165, 1.54) is 23.1 Å². The maximum Gasteiger partial charge on any atom is 0.269 e. The van der Waals surface area contributed by atoms with Gasteiger partial charge in [-0.25, -0.2) is 4.98 Å². The number of rotatable bonds is 3. The number of nitrogens with one attached hydrogen (secondary N) is 1. The van der Waals surface area contributed by atoms with Crippen LogP contribution in [0.1, 0.15) is 0 Å². The number of hydrogen-bond donors (Lipinski definition) is 2. The van der Waals surface area contributed by atoms with Crippen molar-refractivity contribution in [2.45, 2.75) is 5.16 Å². The Hall–Kier alpha value is -1.37. The normalized spacial score (nSPS) is 11.4. The summed E-state index contributed by atoms with van der Waals surface area (Å²) in [5, 5.41) is 1.68. The van der Waals surface area contributed by atoms with Crippen molar-refractivity contribution in [2.24, 2.45) is 5.73 Å². The molecule has 0 aliphatic heterocycles. The van der Waals surface area contributed by atoms with Gasteiger partial charge in [0.2, 0.25) is 0 Å². The number of nitrogens with two attached hydrogens (primary N) is 1. The molecule has 0 radical (unpaired) electrons. The molecule has 6 heteroatoms. The molecule has 0 atom stereocenters. The Kier molecular flexibility index (Phi) is 3.07. The Morgan fingerprint density at radius 2 is 2.22 bits per heavy atom. The van der Waals surface area contributed by atoms with Gasteiger partial charge >= 0.3 is 0 Å². The molecule has 18 heavy (non-hydrogen) atoms. The van der Waals surface area contributed by atoms with Crippen LogP contribution in [0, 0.1) is 0 Å². The largest absolute Gasteiger partial charge is 0.330 e. The molecule has 0 bridgehead atoms. The zero-order valence-corrected chi connectivity index (χ0v) is 11.1. The molecule has 0 spiro atoms. The molecule has 3 aromatic rings. The second-order valence-corrected chi connectivity index (χ2v) is 5.92. The molecule has 0 unspecified atom stereocenters. The molecule has 0 fully saturated rings. The van der Waals surface area contributed by atoms with Crippen LogP contribution in [0.3, 0.4) is 0 Å². The molecule has 92 valence electrons. The lowest BCUT2D eigenvalue weighted by Gasteiger charge is -1.98. The van der Waals surface area contributed by atoms with Crippen molar-refractivity contribution in [2.75, 3.05) is 12.3 Å². The Morgan fingerprint density at radius 3 is 3.06 bits per heavy atom. The average molecular weight is 277 g/mol. The third-order valence-electron chi connectivity index (χ3n) is 2.57. The first-order valence-corrected chi connectivity index (χ1v) is 7.34. The first-order valence-electron chi connectivity index (χ1n) is 5.54. The first-order chi connectivity index (χ1) is 8.79. The van der Waals surface area contributed by atoms with Crippen LogP contribution < -0.4 is 11.3 Å². The lowest BCUT2D eigenvalue weighted by Crippen LogP contribution is -2.09. The Morgan fingerprint density at radius 1 is 1.39 bits per heavy atom. The number of H-pyrrole nitrogens is 1. The fourth-order valence-corrected chi connectivity index (χ4v) is 3.47. The van der Waals surface area contributed by atoms with Crippen LogP contribution in [0.25, 0.3) is 20.3 Å². The molecular formula is C12H11N3OS2. The molecule has 0 amide bonds. The van der Waals surface area contributed by atoms with E-state index in [0.29, 0.717) is 16.4 Å². The number of aromatic amines is 1. The van der Waals surface area contributed by atoms with Gasteiger partial charge in [0.15, 0.2) is 5.16 Å². The molecule has 0 aliphatic rings. The van der Waals surface area contributed by atoms with Gasteiger partial charge in [-0.2, -0.15) is 0 Å². The molecule has 2 aromatic heterocycles. The number of nitrogens with zero attached hydrogens (tertiary/aromatic N) is 1. The van der Waals surface area contributed by atoms with Crippen molar-refractivity contribution >= 4 is 43.4 Å². The molecule has 3 rings (SSSR count). The summed E-state index contributed by atoms with van der Waals surface area (Å²) < 4.78 is 1.78. The number of thioether (sulfide) groups is 1. The lowest BCUT2D eigenvalue weighted by atomic mass is 10.2. The van der Waals surface area contributed by atoms with Crippen molar-refractivity contribution in [3.63, 3.8) is 0 Å². The highest BCUT2D eigenvalue weighted by molar-refractivity contribution is 7.99. The minimum Gasteiger partial charge on any atom is -0.330 e. The molecule has 3 N–H and O–H groups in total. The van der Waals surface area contributed by atoms with Gasteiger partial charge in [0, 0.05) is 22.4 Å². The monoisotopic (exact) mass is 277 g/mol. The smallest absolute Gasteiger partial charge is 0.269 e. The summed E-state index contributed by atoms with van der Waals surface area (Å²) in [5.74, 6) is 0.747. The van der Waals surface area contributed by atoms with Crippen LogP contribution >= 0.6 is 23.1 Å². The highest BCUT2D eigenvalue weighted by Crippen LogP contribution is 2.30. The minimum atomic E-state index is -0.0688. The molecule has 4 nitrogen and oxygen atoms in total. The van der Waals surface area contributed by atoms with Gasteiger partial charge in [0.05, 0.1) is 5.52 Å². The van der Waals surface area contributed by atoms with Gasteiger partial charge in [0.25, 0.3) is 5.56 Å². The van der Waals surface area contributed by atoms with Crippen LogP contribution in [-0.2, 0) is 0 Å². The average Bonchev–Trinajstić information content (AvgIpc) is 2.76. The van der Waals surface area contributed by atoms with E-state index in [0.717, 1.165) is 21.4 Å². The van der Waals surface area contributed by atoms with E-state index in [-0.39, 0.29) is 5.56 Å². The summed E-state index contributed by atoms with van der Waals surface area (Å²) in [5.41, 5.74) is 6.18. The van der Waals surface area contributed by atoms with Crippen LogP contribution in [0.2, 0.25) is 0 Å². The summed E-state index contributed by atoms with van der Waals surface area (Å²) in [6.45, 7) is 0.566. The van der Waals surface area contributed by atoms with Crippen molar-refractivity contribution in [1.29, 1.82) is 0 Å². The third-order valence-corrected chi connectivity index (χ3v) is 4.63. The van der Waals surface area contributed by atoms with Gasteiger partial charge in [-0.05, 0) is 6.07 Å². The molecule has 0 saturated heterocycles. The summed E-state index contributed by atoms with van der Waals surface area (Å²) in [6.07, 6.45) is 0. The molecular weight excluding hydrogens is 266 g/mol. The zero-order valence-electron chi connectivity index (χ0n) is 9.47. The fourth-order valence-electron chi connectivity index (χ4n) is 1.80. The van der Waals surface area contributed by atoms with Crippen LogP contribution in [-0.4, -0.2) is 22.3 Å². The van der Waals surface area contributed by atoms with Crippen LogP contribution in [0.5, 0.6) is 0 Å². The lowest BCUT2D eigenvalue weighted by molar-refractivity contribution is 0.976. The second kappa shape index (κ2) is 4.72. The molecule has 2 heterocycles. The highest BCUT2D eigenvalue weighted by atomic mass is 32.2. The van der Waals surface area contributed by atoms with Gasteiger partial charge in [-0.3, -0.25) is 4.79 Å². The van der Waals surface area contributed by atoms with Gasteiger partial charge < -0.3 is 10.7 Å². The Balaban J connectivity index is 2.27. The summed E-state index contributed by atoms with van der Waals surface area (Å²) in [7, 11) is 0. The van der Waals surface area contributed by atoms with Gasteiger partial charge in [-0.15, -0.1) is 11.3 Å². The quantitative estimate of drug-likeness (QED) is 0.568. The Labute approximate surface area is 111 Å². The van der Waals surface area contributed by atoms with E-state index in [2.05, 4.69) is 9.97 Å². The predicted octanol–water partition coefficient (Wildman–Crippen LogP) is 2.19.